The highest BCUT2D eigenvalue weighted by atomic mass is 19.4. The number of aliphatic hydroxyl groups is 1. The molecular formula is C20H18F3NO4. The van der Waals surface area contributed by atoms with Crippen molar-refractivity contribution < 1.29 is 32.2 Å². The van der Waals surface area contributed by atoms with Crippen molar-refractivity contribution in [3.8, 4) is 5.75 Å². The number of rotatable bonds is 5. The maximum Gasteiger partial charge on any atom is 0.573 e. The van der Waals surface area contributed by atoms with Gasteiger partial charge in [-0.3, -0.25) is 4.79 Å². The van der Waals surface area contributed by atoms with Crippen LogP contribution in [0.2, 0.25) is 0 Å². The predicted octanol–water partition coefficient (Wildman–Crippen LogP) is 4.41. The average molecular weight is 393 g/mol. The molecule has 1 unspecified atom stereocenters. The van der Waals surface area contributed by atoms with Gasteiger partial charge in [0.15, 0.2) is 5.76 Å². The molecule has 3 rings (SSSR count). The zero-order valence-electron chi connectivity index (χ0n) is 15.1. The number of para-hydroxylation sites is 1. The molecule has 8 heteroatoms. The molecule has 1 atom stereocenters. The summed E-state index contributed by atoms with van der Waals surface area (Å²) in [5.41, 5.74) is 2.57. The van der Waals surface area contributed by atoms with E-state index < -0.39 is 18.4 Å². The maximum absolute atomic E-state index is 12.4. The molecule has 1 amide bonds. The summed E-state index contributed by atoms with van der Waals surface area (Å²) in [5.74, 6) is -0.713. The number of aryl methyl sites for hydroxylation is 2. The van der Waals surface area contributed by atoms with Crippen LogP contribution in [0.5, 0.6) is 5.75 Å². The van der Waals surface area contributed by atoms with E-state index in [9.17, 15) is 23.1 Å². The molecule has 28 heavy (non-hydrogen) atoms. The second-order valence-corrected chi connectivity index (χ2v) is 6.35. The van der Waals surface area contributed by atoms with Crippen LogP contribution in [-0.2, 0) is 0 Å². The molecular weight excluding hydrogens is 375 g/mol. The largest absolute Gasteiger partial charge is 0.573 e. The Morgan fingerprint density at radius 2 is 1.86 bits per heavy atom. The molecule has 0 radical (unpaired) electrons. The minimum Gasteiger partial charge on any atom is -0.450 e. The van der Waals surface area contributed by atoms with Crippen molar-refractivity contribution in [2.75, 3.05) is 6.54 Å². The molecule has 0 spiro atoms. The quantitative estimate of drug-likeness (QED) is 0.674. The number of halogens is 3. The Bertz CT molecular complexity index is 993. The number of ether oxygens (including phenoxy) is 1. The van der Waals surface area contributed by atoms with Crippen LogP contribution in [0.15, 0.2) is 46.9 Å². The summed E-state index contributed by atoms with van der Waals surface area (Å²) in [7, 11) is 0. The molecule has 5 nitrogen and oxygen atoms in total. The molecule has 2 N–H and O–H groups in total. The van der Waals surface area contributed by atoms with E-state index in [-0.39, 0.29) is 18.1 Å². The Morgan fingerprint density at radius 1 is 1.18 bits per heavy atom. The zero-order valence-corrected chi connectivity index (χ0v) is 15.1. The van der Waals surface area contributed by atoms with Crippen molar-refractivity contribution in [3.05, 3.63) is 64.9 Å². The van der Waals surface area contributed by atoms with Crippen LogP contribution in [0.1, 0.15) is 33.3 Å². The number of nitrogens with one attached hydrogen (secondary N) is 1. The van der Waals surface area contributed by atoms with Gasteiger partial charge >= 0.3 is 6.36 Å². The van der Waals surface area contributed by atoms with E-state index in [2.05, 4.69) is 10.1 Å². The summed E-state index contributed by atoms with van der Waals surface area (Å²) < 4.78 is 46.0. The third-order valence-corrected chi connectivity index (χ3v) is 4.32. The van der Waals surface area contributed by atoms with Crippen molar-refractivity contribution >= 4 is 16.9 Å². The van der Waals surface area contributed by atoms with Gasteiger partial charge in [-0.05, 0) is 37.1 Å². The number of hydrogen-bond donors (Lipinski definition) is 2. The highest BCUT2D eigenvalue weighted by Gasteiger charge is 2.31. The van der Waals surface area contributed by atoms with Gasteiger partial charge < -0.3 is 19.6 Å². The van der Waals surface area contributed by atoms with Gasteiger partial charge in [0.1, 0.15) is 11.3 Å². The zero-order chi connectivity index (χ0) is 20.5. The number of aliphatic hydroxyl groups excluding tert-OH is 1. The van der Waals surface area contributed by atoms with Gasteiger partial charge in [0.25, 0.3) is 5.91 Å². The molecule has 1 aromatic heterocycles. The minimum absolute atomic E-state index is 0.131. The van der Waals surface area contributed by atoms with E-state index in [0.29, 0.717) is 16.7 Å². The number of carbonyl (C=O) groups excluding carboxylic acids is 1. The highest BCUT2D eigenvalue weighted by molar-refractivity contribution is 5.99. The van der Waals surface area contributed by atoms with Crippen molar-refractivity contribution in [1.82, 2.24) is 5.32 Å². The summed E-state index contributed by atoms with van der Waals surface area (Å²) >= 11 is 0. The van der Waals surface area contributed by atoms with Gasteiger partial charge in [-0.1, -0.05) is 30.3 Å². The highest BCUT2D eigenvalue weighted by Crippen LogP contribution is 2.28. The molecule has 2 aromatic carbocycles. The van der Waals surface area contributed by atoms with Gasteiger partial charge in [-0.15, -0.1) is 13.2 Å². The Balaban J connectivity index is 1.66. The Hall–Kier alpha value is -3.00. The molecule has 0 saturated heterocycles. The fourth-order valence-electron chi connectivity index (χ4n) is 2.88. The first-order chi connectivity index (χ1) is 13.2. The number of benzene rings is 2. The molecule has 148 valence electrons. The molecule has 0 aliphatic rings. The van der Waals surface area contributed by atoms with E-state index in [0.717, 1.165) is 23.1 Å². The monoisotopic (exact) mass is 393 g/mol. The van der Waals surface area contributed by atoms with Gasteiger partial charge in [-0.25, -0.2) is 0 Å². The number of amides is 1. The second-order valence-electron chi connectivity index (χ2n) is 6.35. The van der Waals surface area contributed by atoms with Crippen molar-refractivity contribution in [2.24, 2.45) is 0 Å². The molecule has 0 aliphatic heterocycles. The molecule has 0 aliphatic carbocycles. The molecule has 0 bridgehead atoms. The number of hydrogen-bond acceptors (Lipinski definition) is 4. The third kappa shape index (κ3) is 4.28. The lowest BCUT2D eigenvalue weighted by Gasteiger charge is -2.13. The van der Waals surface area contributed by atoms with Crippen molar-refractivity contribution in [2.45, 2.75) is 26.3 Å². The molecule has 0 fully saturated rings. The van der Waals surface area contributed by atoms with Crippen LogP contribution in [0, 0.1) is 13.8 Å². The molecule has 3 aromatic rings. The van der Waals surface area contributed by atoms with Crippen LogP contribution >= 0.6 is 0 Å². The minimum atomic E-state index is -4.78. The van der Waals surface area contributed by atoms with E-state index in [4.69, 9.17) is 4.42 Å². The summed E-state index contributed by atoms with van der Waals surface area (Å²) in [5, 5.41) is 13.6. The standard InChI is InChI=1S/C20H18F3NO4/c1-11-4-3-5-15-12(2)18(27-17(11)15)19(26)24-10-16(25)13-6-8-14(9-7-13)28-20(21,22)23/h3-9,16,25H,10H2,1-2H3,(H,24,26). The summed E-state index contributed by atoms with van der Waals surface area (Å²) in [4.78, 5) is 12.4. The predicted molar refractivity (Wildman–Crippen MR) is 96.1 cm³/mol. The summed E-state index contributed by atoms with van der Waals surface area (Å²) in [6.45, 7) is 3.52. The van der Waals surface area contributed by atoms with Gasteiger partial charge in [-0.2, -0.15) is 0 Å². The lowest BCUT2D eigenvalue weighted by Crippen LogP contribution is -2.28. The summed E-state index contributed by atoms with van der Waals surface area (Å²) in [6, 6.07) is 10.4. The van der Waals surface area contributed by atoms with E-state index in [1.807, 2.05) is 25.1 Å². The normalized spacial score (nSPS) is 12.8. The van der Waals surface area contributed by atoms with Crippen LogP contribution in [-0.4, -0.2) is 23.9 Å². The van der Waals surface area contributed by atoms with E-state index >= 15 is 0 Å². The Kier molecular flexibility index (Phi) is 5.33. The maximum atomic E-state index is 12.4. The SMILES string of the molecule is Cc1c(C(=O)NCC(O)c2ccc(OC(F)(F)F)cc2)oc2c(C)cccc12. The van der Waals surface area contributed by atoms with Gasteiger partial charge in [0, 0.05) is 17.5 Å². The number of alkyl halides is 3. The summed E-state index contributed by atoms with van der Waals surface area (Å²) in [6.07, 6.45) is -5.88. The van der Waals surface area contributed by atoms with Gasteiger partial charge in [0.05, 0.1) is 6.10 Å². The first-order valence-electron chi connectivity index (χ1n) is 8.46. The van der Waals surface area contributed by atoms with Crippen LogP contribution in [0.3, 0.4) is 0 Å². The van der Waals surface area contributed by atoms with Crippen molar-refractivity contribution in [1.29, 1.82) is 0 Å². The van der Waals surface area contributed by atoms with E-state index in [1.54, 1.807) is 6.92 Å². The first-order valence-corrected chi connectivity index (χ1v) is 8.46. The number of furan rings is 1. The van der Waals surface area contributed by atoms with Crippen LogP contribution in [0.4, 0.5) is 13.2 Å². The Labute approximate surface area is 158 Å². The topological polar surface area (TPSA) is 71.7 Å². The second kappa shape index (κ2) is 7.55. The van der Waals surface area contributed by atoms with Gasteiger partial charge in [0.2, 0.25) is 0 Å². The Morgan fingerprint density at radius 3 is 2.46 bits per heavy atom. The van der Waals surface area contributed by atoms with Crippen molar-refractivity contribution in [3.63, 3.8) is 0 Å². The van der Waals surface area contributed by atoms with Crippen LogP contribution in [0.25, 0.3) is 11.0 Å². The third-order valence-electron chi connectivity index (χ3n) is 4.32. The fourth-order valence-corrected chi connectivity index (χ4v) is 2.88. The average Bonchev–Trinajstić information content (AvgIpc) is 2.97. The number of carbonyl (C=O) groups is 1. The number of fused-ring (bicyclic) bond motifs is 1. The fraction of sp³-hybridized carbons (Fsp3) is 0.250. The first kappa shape index (κ1) is 19.8. The smallest absolute Gasteiger partial charge is 0.450 e. The lowest BCUT2D eigenvalue weighted by molar-refractivity contribution is -0.274. The van der Waals surface area contributed by atoms with Crippen LogP contribution < -0.4 is 10.1 Å². The lowest BCUT2D eigenvalue weighted by atomic mass is 10.1. The molecule has 0 saturated carbocycles. The van der Waals surface area contributed by atoms with E-state index in [1.165, 1.54) is 12.1 Å². The molecule has 1 heterocycles.